The van der Waals surface area contributed by atoms with Crippen molar-refractivity contribution in [2.24, 2.45) is 0 Å². The number of carbonyl (C=O) groups excluding carboxylic acids is 3. The van der Waals surface area contributed by atoms with Crippen molar-refractivity contribution in [2.75, 3.05) is 19.8 Å². The van der Waals surface area contributed by atoms with Gasteiger partial charge in [-0.1, -0.05) is 30.3 Å². The predicted octanol–water partition coefficient (Wildman–Crippen LogP) is 1.47. The van der Waals surface area contributed by atoms with Crippen LogP contribution in [0, 0.1) is 10.1 Å². The van der Waals surface area contributed by atoms with Crippen molar-refractivity contribution in [3.8, 4) is 0 Å². The van der Waals surface area contributed by atoms with E-state index in [0.717, 1.165) is 6.92 Å². The molecule has 0 aliphatic rings. The molecule has 9 heteroatoms. The third-order valence-corrected chi connectivity index (χ3v) is 3.49. The fourth-order valence-electron chi connectivity index (χ4n) is 2.53. The molecule has 0 amide bonds. The molecule has 26 heavy (non-hydrogen) atoms. The second kappa shape index (κ2) is 9.50. The van der Waals surface area contributed by atoms with Gasteiger partial charge in [0, 0.05) is 11.8 Å². The van der Waals surface area contributed by atoms with Crippen molar-refractivity contribution >= 4 is 17.9 Å². The lowest BCUT2D eigenvalue weighted by Gasteiger charge is -2.33. The van der Waals surface area contributed by atoms with Crippen molar-refractivity contribution in [2.45, 2.75) is 32.3 Å². The minimum Gasteiger partial charge on any atom is -0.463 e. The minimum atomic E-state index is -2.62. The van der Waals surface area contributed by atoms with Crippen molar-refractivity contribution < 1.29 is 33.5 Å². The molecule has 0 bridgehead atoms. The first-order valence-electron chi connectivity index (χ1n) is 8.00. The van der Waals surface area contributed by atoms with Crippen molar-refractivity contribution in [3.63, 3.8) is 0 Å². The maximum Gasteiger partial charge on any atom is 0.363 e. The molecule has 9 nitrogen and oxygen atoms in total. The summed E-state index contributed by atoms with van der Waals surface area (Å²) in [5, 5.41) is 11.2. The Labute approximate surface area is 150 Å². The number of rotatable bonds is 9. The second-order valence-electron chi connectivity index (χ2n) is 5.25. The zero-order valence-corrected chi connectivity index (χ0v) is 14.8. The molecule has 0 heterocycles. The second-order valence-corrected chi connectivity index (χ2v) is 5.25. The summed E-state index contributed by atoms with van der Waals surface area (Å²) in [6, 6.07) is 7.80. The van der Waals surface area contributed by atoms with Crippen LogP contribution in [0.3, 0.4) is 0 Å². The topological polar surface area (TPSA) is 122 Å². The van der Waals surface area contributed by atoms with Crippen LogP contribution in [0.4, 0.5) is 0 Å². The number of carbonyl (C=O) groups is 3. The van der Waals surface area contributed by atoms with Gasteiger partial charge in [0.25, 0.3) is 0 Å². The standard InChI is InChI=1S/C17H21NO8/c1-4-24-15(20)17(26-12(3)19,16(21)25-5-2)14(11-18(22)23)13-9-7-6-8-10-13/h6-10,14H,4-5,11H2,1-3H3. The van der Waals surface area contributed by atoms with Gasteiger partial charge in [0.05, 0.1) is 13.2 Å². The number of nitrogens with zero attached hydrogens (tertiary/aromatic N) is 1. The van der Waals surface area contributed by atoms with Crippen LogP contribution in [0.5, 0.6) is 0 Å². The molecule has 1 aromatic rings. The zero-order chi connectivity index (χ0) is 19.7. The van der Waals surface area contributed by atoms with Crippen molar-refractivity contribution in [1.29, 1.82) is 0 Å². The summed E-state index contributed by atoms with van der Waals surface area (Å²) in [5.41, 5.74) is -2.36. The Kier molecular flexibility index (Phi) is 7.70. The molecule has 0 aliphatic heterocycles. The molecular formula is C17H21NO8. The number of hydrogen-bond donors (Lipinski definition) is 0. The number of benzene rings is 1. The molecule has 0 radical (unpaired) electrons. The highest BCUT2D eigenvalue weighted by atomic mass is 16.6. The Balaban J connectivity index is 3.66. The first kappa shape index (κ1) is 21.1. The Bertz CT molecular complexity index is 640. The zero-order valence-electron chi connectivity index (χ0n) is 14.8. The molecule has 1 rings (SSSR count). The van der Waals surface area contributed by atoms with Crippen molar-refractivity contribution in [3.05, 3.63) is 46.0 Å². The summed E-state index contributed by atoms with van der Waals surface area (Å²) >= 11 is 0. The molecule has 0 aromatic heterocycles. The molecule has 0 aliphatic carbocycles. The van der Waals surface area contributed by atoms with E-state index in [-0.39, 0.29) is 18.8 Å². The van der Waals surface area contributed by atoms with Gasteiger partial charge in [0.15, 0.2) is 0 Å². The monoisotopic (exact) mass is 367 g/mol. The Morgan fingerprint density at radius 2 is 1.58 bits per heavy atom. The summed E-state index contributed by atoms with van der Waals surface area (Å²) in [7, 11) is 0. The minimum absolute atomic E-state index is 0.124. The van der Waals surface area contributed by atoms with Gasteiger partial charge in [-0.3, -0.25) is 14.9 Å². The average molecular weight is 367 g/mol. The van der Waals surface area contributed by atoms with Gasteiger partial charge in [-0.2, -0.15) is 0 Å². The van der Waals surface area contributed by atoms with Crippen LogP contribution in [0.15, 0.2) is 30.3 Å². The molecule has 1 atom stereocenters. The first-order valence-corrected chi connectivity index (χ1v) is 8.00. The summed E-state index contributed by atoms with van der Waals surface area (Å²) < 4.78 is 14.9. The number of ether oxygens (including phenoxy) is 3. The van der Waals surface area contributed by atoms with E-state index in [1.165, 1.54) is 26.0 Å². The lowest BCUT2D eigenvalue weighted by atomic mass is 9.81. The van der Waals surface area contributed by atoms with Crippen LogP contribution in [-0.4, -0.2) is 48.2 Å². The van der Waals surface area contributed by atoms with E-state index >= 15 is 0 Å². The fraction of sp³-hybridized carbons (Fsp3) is 0.471. The van der Waals surface area contributed by atoms with Gasteiger partial charge in [-0.25, -0.2) is 9.59 Å². The van der Waals surface area contributed by atoms with Crippen LogP contribution >= 0.6 is 0 Å². The van der Waals surface area contributed by atoms with E-state index in [2.05, 4.69) is 0 Å². The van der Waals surface area contributed by atoms with Gasteiger partial charge in [-0.05, 0) is 19.4 Å². The SMILES string of the molecule is CCOC(=O)C(OC(C)=O)(C(=O)OCC)C(C[N+](=O)[O-])c1ccccc1. The van der Waals surface area contributed by atoms with Gasteiger partial charge >= 0.3 is 23.5 Å². The lowest BCUT2D eigenvalue weighted by molar-refractivity contribution is -0.486. The molecule has 0 N–H and O–H groups in total. The largest absolute Gasteiger partial charge is 0.463 e. The van der Waals surface area contributed by atoms with Gasteiger partial charge < -0.3 is 14.2 Å². The maximum atomic E-state index is 12.7. The molecule has 142 valence electrons. The van der Waals surface area contributed by atoms with E-state index < -0.39 is 40.9 Å². The highest BCUT2D eigenvalue weighted by molar-refractivity contribution is 6.06. The third kappa shape index (κ3) is 4.78. The predicted molar refractivity (Wildman–Crippen MR) is 88.8 cm³/mol. The van der Waals surface area contributed by atoms with Gasteiger partial charge in [0.1, 0.15) is 5.92 Å². The summed E-state index contributed by atoms with van der Waals surface area (Å²) in [4.78, 5) is 47.6. The van der Waals surface area contributed by atoms with Gasteiger partial charge in [0.2, 0.25) is 6.54 Å². The van der Waals surface area contributed by atoms with E-state index in [4.69, 9.17) is 14.2 Å². The number of hydrogen-bond acceptors (Lipinski definition) is 8. The Hall–Kier alpha value is -2.97. The Morgan fingerprint density at radius 1 is 1.08 bits per heavy atom. The van der Waals surface area contributed by atoms with E-state index in [1.807, 2.05) is 0 Å². The molecule has 0 saturated carbocycles. The number of nitro groups is 1. The Morgan fingerprint density at radius 3 is 1.96 bits per heavy atom. The summed E-state index contributed by atoms with van der Waals surface area (Å²) in [6.45, 7) is 2.87. The lowest BCUT2D eigenvalue weighted by Crippen LogP contribution is -2.58. The molecule has 1 unspecified atom stereocenters. The van der Waals surface area contributed by atoms with Crippen molar-refractivity contribution in [1.82, 2.24) is 0 Å². The fourth-order valence-corrected chi connectivity index (χ4v) is 2.53. The van der Waals surface area contributed by atoms with Crippen LogP contribution < -0.4 is 0 Å². The first-order chi connectivity index (χ1) is 12.3. The molecular weight excluding hydrogens is 346 g/mol. The van der Waals surface area contributed by atoms with Crippen LogP contribution in [0.25, 0.3) is 0 Å². The smallest absolute Gasteiger partial charge is 0.363 e. The van der Waals surface area contributed by atoms with E-state index in [9.17, 15) is 24.5 Å². The molecule has 0 spiro atoms. The summed E-state index contributed by atoms with van der Waals surface area (Å²) in [5.74, 6) is -4.84. The number of esters is 3. The third-order valence-electron chi connectivity index (χ3n) is 3.49. The molecule has 0 saturated heterocycles. The summed E-state index contributed by atoms with van der Waals surface area (Å²) in [6.07, 6.45) is 0. The normalized spacial score (nSPS) is 12.0. The maximum absolute atomic E-state index is 12.7. The average Bonchev–Trinajstić information content (AvgIpc) is 2.58. The quantitative estimate of drug-likeness (QED) is 0.211. The molecule has 1 aromatic carbocycles. The van der Waals surface area contributed by atoms with Gasteiger partial charge in [-0.15, -0.1) is 0 Å². The van der Waals surface area contributed by atoms with Crippen LogP contribution in [0.1, 0.15) is 32.3 Å². The van der Waals surface area contributed by atoms with E-state index in [0.29, 0.717) is 0 Å². The highest BCUT2D eigenvalue weighted by Gasteiger charge is 2.61. The van der Waals surface area contributed by atoms with Crippen LogP contribution in [-0.2, 0) is 28.6 Å². The highest BCUT2D eigenvalue weighted by Crippen LogP contribution is 2.35. The van der Waals surface area contributed by atoms with Crippen LogP contribution in [0.2, 0.25) is 0 Å². The van der Waals surface area contributed by atoms with E-state index in [1.54, 1.807) is 18.2 Å². The molecule has 0 fully saturated rings.